The third-order valence-electron chi connectivity index (χ3n) is 5.08. The quantitative estimate of drug-likeness (QED) is 0.820. The van der Waals surface area contributed by atoms with E-state index in [9.17, 15) is 4.79 Å². The zero-order chi connectivity index (χ0) is 18.5. The fourth-order valence-corrected chi connectivity index (χ4v) is 3.79. The number of carbonyl (C=O) groups excluding carboxylic acids is 1. The number of nitrogens with zero attached hydrogens (tertiary/aromatic N) is 3. The summed E-state index contributed by atoms with van der Waals surface area (Å²) in [6, 6.07) is 10.5. The van der Waals surface area contributed by atoms with Gasteiger partial charge in [0, 0.05) is 23.8 Å². The molecule has 1 aliphatic rings. The van der Waals surface area contributed by atoms with Crippen molar-refractivity contribution in [2.24, 2.45) is 0 Å². The Morgan fingerprint density at radius 1 is 1.26 bits per heavy atom. The number of carbonyl (C=O) groups is 1. The van der Waals surface area contributed by atoms with E-state index in [2.05, 4.69) is 41.3 Å². The number of hydrogen-bond acceptors (Lipinski definition) is 3. The van der Waals surface area contributed by atoms with Crippen molar-refractivity contribution in [1.29, 1.82) is 0 Å². The summed E-state index contributed by atoms with van der Waals surface area (Å²) in [5, 5.41) is 7.92. The van der Waals surface area contributed by atoms with Crippen LogP contribution in [0.5, 0.6) is 0 Å². The molecule has 6 heteroatoms. The molecule has 3 rings (SSSR count). The van der Waals surface area contributed by atoms with Gasteiger partial charge in [-0.05, 0) is 70.0 Å². The van der Waals surface area contributed by atoms with Crippen LogP contribution in [0.3, 0.4) is 0 Å². The Labute approximate surface area is 168 Å². The predicted molar refractivity (Wildman–Crippen MR) is 112 cm³/mol. The van der Waals surface area contributed by atoms with Crippen LogP contribution in [0.15, 0.2) is 30.3 Å². The molecule has 0 radical (unpaired) electrons. The Morgan fingerprint density at radius 3 is 2.63 bits per heavy atom. The third-order valence-corrected chi connectivity index (χ3v) is 5.08. The van der Waals surface area contributed by atoms with Gasteiger partial charge in [-0.15, -0.1) is 12.4 Å². The number of benzene rings is 1. The highest BCUT2D eigenvalue weighted by atomic mass is 35.5. The Balaban J connectivity index is 0.00000261. The minimum Gasteiger partial charge on any atom is -0.336 e. The van der Waals surface area contributed by atoms with Crippen molar-refractivity contribution in [2.75, 3.05) is 19.6 Å². The van der Waals surface area contributed by atoms with Gasteiger partial charge in [0.15, 0.2) is 0 Å². The van der Waals surface area contributed by atoms with Gasteiger partial charge in [-0.1, -0.05) is 19.1 Å². The molecule has 1 N–H and O–H groups in total. The number of rotatable bonds is 6. The molecule has 1 aromatic heterocycles. The SMILES string of the molecule is CCCN(C(=O)c1cccc(Cn2nc(C)cc2C)c1)C1CCNCC1.Cl. The summed E-state index contributed by atoms with van der Waals surface area (Å²) < 4.78 is 2.00. The lowest BCUT2D eigenvalue weighted by atomic mass is 10.0. The lowest BCUT2D eigenvalue weighted by molar-refractivity contribution is 0.0642. The van der Waals surface area contributed by atoms with E-state index in [1.807, 2.05) is 29.8 Å². The zero-order valence-corrected chi connectivity index (χ0v) is 17.4. The molecule has 5 nitrogen and oxygen atoms in total. The molecule has 0 bridgehead atoms. The van der Waals surface area contributed by atoms with Crippen molar-refractivity contribution in [3.05, 3.63) is 52.8 Å². The monoisotopic (exact) mass is 390 g/mol. The molecule has 0 aliphatic carbocycles. The van der Waals surface area contributed by atoms with Crippen LogP contribution in [0.2, 0.25) is 0 Å². The van der Waals surface area contributed by atoms with Crippen molar-refractivity contribution in [3.8, 4) is 0 Å². The molecule has 0 unspecified atom stereocenters. The number of aromatic nitrogens is 2. The summed E-state index contributed by atoms with van der Waals surface area (Å²) >= 11 is 0. The van der Waals surface area contributed by atoms with E-state index in [0.29, 0.717) is 12.6 Å². The largest absolute Gasteiger partial charge is 0.336 e. The Morgan fingerprint density at radius 2 is 2.00 bits per heavy atom. The third kappa shape index (κ3) is 5.33. The van der Waals surface area contributed by atoms with E-state index < -0.39 is 0 Å². The number of hydrogen-bond donors (Lipinski definition) is 1. The molecule has 2 heterocycles. The van der Waals surface area contributed by atoms with Gasteiger partial charge in [0.2, 0.25) is 0 Å². The van der Waals surface area contributed by atoms with E-state index in [1.165, 1.54) is 0 Å². The molecule has 0 spiro atoms. The van der Waals surface area contributed by atoms with Gasteiger partial charge < -0.3 is 10.2 Å². The van der Waals surface area contributed by atoms with Crippen molar-refractivity contribution in [1.82, 2.24) is 20.0 Å². The van der Waals surface area contributed by atoms with Gasteiger partial charge in [-0.2, -0.15) is 5.10 Å². The molecular formula is C21H31ClN4O. The molecule has 1 aliphatic heterocycles. The van der Waals surface area contributed by atoms with Crippen LogP contribution < -0.4 is 5.32 Å². The maximum absolute atomic E-state index is 13.2. The van der Waals surface area contributed by atoms with Crippen molar-refractivity contribution < 1.29 is 4.79 Å². The molecule has 1 fully saturated rings. The van der Waals surface area contributed by atoms with Crippen LogP contribution in [-0.4, -0.2) is 46.3 Å². The first-order chi connectivity index (χ1) is 12.6. The van der Waals surface area contributed by atoms with Crippen molar-refractivity contribution in [2.45, 2.75) is 52.6 Å². The number of piperidine rings is 1. The second-order valence-corrected chi connectivity index (χ2v) is 7.26. The summed E-state index contributed by atoms with van der Waals surface area (Å²) in [7, 11) is 0. The van der Waals surface area contributed by atoms with E-state index in [-0.39, 0.29) is 18.3 Å². The number of aryl methyl sites for hydroxylation is 2. The highest BCUT2D eigenvalue weighted by molar-refractivity contribution is 5.94. The molecule has 27 heavy (non-hydrogen) atoms. The standard InChI is InChI=1S/C21H30N4O.ClH/c1-4-12-24(20-8-10-22-11-9-20)21(26)19-7-5-6-18(14-19)15-25-17(3)13-16(2)23-25;/h5-7,13-14,20,22H,4,8-12,15H2,1-3H3;1H. The van der Waals surface area contributed by atoms with Crippen LogP contribution in [0.1, 0.15) is 53.5 Å². The Kier molecular flexibility index (Phi) is 7.87. The van der Waals surface area contributed by atoms with Crippen molar-refractivity contribution >= 4 is 18.3 Å². The van der Waals surface area contributed by atoms with Gasteiger partial charge in [-0.3, -0.25) is 9.48 Å². The molecule has 148 valence electrons. The molecular weight excluding hydrogens is 360 g/mol. The maximum atomic E-state index is 13.2. The highest BCUT2D eigenvalue weighted by Gasteiger charge is 2.25. The average Bonchev–Trinajstić information content (AvgIpc) is 2.97. The second kappa shape index (κ2) is 9.90. The first-order valence-electron chi connectivity index (χ1n) is 9.70. The first-order valence-corrected chi connectivity index (χ1v) is 9.70. The van der Waals surface area contributed by atoms with Crippen LogP contribution in [0, 0.1) is 13.8 Å². The van der Waals surface area contributed by atoms with Crippen LogP contribution in [0.25, 0.3) is 0 Å². The molecule has 1 saturated heterocycles. The topological polar surface area (TPSA) is 50.2 Å². The normalized spacial score (nSPS) is 14.6. The van der Waals surface area contributed by atoms with Crippen molar-refractivity contribution in [3.63, 3.8) is 0 Å². The number of amides is 1. The van der Waals surface area contributed by atoms with E-state index in [0.717, 1.165) is 61.4 Å². The summed E-state index contributed by atoms with van der Waals surface area (Å²) in [5.74, 6) is 0.161. The summed E-state index contributed by atoms with van der Waals surface area (Å²) in [5.41, 5.74) is 4.07. The summed E-state index contributed by atoms with van der Waals surface area (Å²) in [4.78, 5) is 15.3. The molecule has 1 amide bonds. The fraction of sp³-hybridized carbons (Fsp3) is 0.524. The van der Waals surface area contributed by atoms with Crippen LogP contribution in [-0.2, 0) is 6.54 Å². The van der Waals surface area contributed by atoms with Gasteiger partial charge >= 0.3 is 0 Å². The zero-order valence-electron chi connectivity index (χ0n) is 16.6. The smallest absolute Gasteiger partial charge is 0.254 e. The summed E-state index contributed by atoms with van der Waals surface area (Å²) in [6.07, 6.45) is 3.06. The van der Waals surface area contributed by atoms with E-state index >= 15 is 0 Å². The molecule has 0 saturated carbocycles. The fourth-order valence-electron chi connectivity index (χ4n) is 3.79. The minimum absolute atomic E-state index is 0. The number of halogens is 1. The lowest BCUT2D eigenvalue weighted by Crippen LogP contribution is -2.46. The predicted octanol–water partition coefficient (Wildman–Crippen LogP) is 3.57. The Bertz CT molecular complexity index is 752. The van der Waals surface area contributed by atoms with Gasteiger partial charge in [0.1, 0.15) is 0 Å². The summed E-state index contributed by atoms with van der Waals surface area (Å²) in [6.45, 7) is 9.72. The average molecular weight is 391 g/mol. The highest BCUT2D eigenvalue weighted by Crippen LogP contribution is 2.18. The maximum Gasteiger partial charge on any atom is 0.254 e. The minimum atomic E-state index is 0. The van der Waals surface area contributed by atoms with E-state index in [4.69, 9.17) is 0 Å². The van der Waals surface area contributed by atoms with Crippen LogP contribution in [0.4, 0.5) is 0 Å². The lowest BCUT2D eigenvalue weighted by Gasteiger charge is -2.34. The van der Waals surface area contributed by atoms with Gasteiger partial charge in [-0.25, -0.2) is 0 Å². The molecule has 1 aromatic carbocycles. The molecule has 2 aromatic rings. The van der Waals surface area contributed by atoms with Crippen LogP contribution >= 0.6 is 12.4 Å². The number of nitrogens with one attached hydrogen (secondary N) is 1. The van der Waals surface area contributed by atoms with E-state index in [1.54, 1.807) is 0 Å². The first kappa shape index (κ1) is 21.5. The Hall–Kier alpha value is -1.85. The second-order valence-electron chi connectivity index (χ2n) is 7.26. The molecule has 0 atom stereocenters. The van der Waals surface area contributed by atoms with Gasteiger partial charge in [0.25, 0.3) is 5.91 Å². The van der Waals surface area contributed by atoms with Gasteiger partial charge in [0.05, 0.1) is 12.2 Å².